The standard InChI is InChI=1S/C19H21Cl2N3O4S/c1-28-15-3-5-16(6-4-15)29(26,27)24-10-8-23(9-11-24)13-19(25)22-14-2-7-17(20)18(21)12-14/h2-7,12H,8-11,13H2,1H3,(H,22,25). The van der Waals surface area contributed by atoms with Crippen LogP contribution >= 0.6 is 23.2 Å². The number of nitrogens with zero attached hydrogens (tertiary/aromatic N) is 2. The topological polar surface area (TPSA) is 79.0 Å². The fraction of sp³-hybridized carbons (Fsp3) is 0.316. The monoisotopic (exact) mass is 457 g/mol. The summed E-state index contributed by atoms with van der Waals surface area (Å²) in [7, 11) is -2.04. The lowest BCUT2D eigenvalue weighted by Crippen LogP contribution is -2.50. The molecule has 0 saturated carbocycles. The van der Waals surface area contributed by atoms with Gasteiger partial charge in [0.05, 0.1) is 28.6 Å². The maximum Gasteiger partial charge on any atom is 0.243 e. The first-order chi connectivity index (χ1) is 13.8. The quantitative estimate of drug-likeness (QED) is 0.720. The minimum Gasteiger partial charge on any atom is -0.497 e. The average molecular weight is 458 g/mol. The van der Waals surface area contributed by atoms with Gasteiger partial charge >= 0.3 is 0 Å². The van der Waals surface area contributed by atoms with E-state index in [4.69, 9.17) is 27.9 Å². The van der Waals surface area contributed by atoms with Crippen LogP contribution in [0.1, 0.15) is 0 Å². The van der Waals surface area contributed by atoms with Gasteiger partial charge in [-0.2, -0.15) is 4.31 Å². The lowest BCUT2D eigenvalue weighted by atomic mass is 10.3. The molecule has 1 saturated heterocycles. The van der Waals surface area contributed by atoms with Gasteiger partial charge in [0, 0.05) is 31.9 Å². The Kier molecular flexibility index (Phi) is 7.02. The van der Waals surface area contributed by atoms with E-state index >= 15 is 0 Å². The smallest absolute Gasteiger partial charge is 0.243 e. The number of hydrogen-bond donors (Lipinski definition) is 1. The van der Waals surface area contributed by atoms with Crippen molar-refractivity contribution < 1.29 is 17.9 Å². The number of amides is 1. The van der Waals surface area contributed by atoms with Gasteiger partial charge in [-0.1, -0.05) is 23.2 Å². The van der Waals surface area contributed by atoms with E-state index < -0.39 is 10.0 Å². The van der Waals surface area contributed by atoms with E-state index in [-0.39, 0.29) is 17.3 Å². The fourth-order valence-corrected chi connectivity index (χ4v) is 4.72. The third kappa shape index (κ3) is 5.40. The van der Waals surface area contributed by atoms with Crippen molar-refractivity contribution >= 4 is 44.8 Å². The fourth-order valence-electron chi connectivity index (χ4n) is 3.00. The van der Waals surface area contributed by atoms with E-state index in [1.54, 1.807) is 30.3 Å². The summed E-state index contributed by atoms with van der Waals surface area (Å²) in [6.07, 6.45) is 0. The molecule has 0 aromatic heterocycles. The van der Waals surface area contributed by atoms with E-state index in [0.717, 1.165) is 0 Å². The Hall–Kier alpha value is -1.84. The van der Waals surface area contributed by atoms with Crippen molar-refractivity contribution in [1.29, 1.82) is 0 Å². The predicted molar refractivity (Wildman–Crippen MR) is 113 cm³/mol. The van der Waals surface area contributed by atoms with Gasteiger partial charge in [0.1, 0.15) is 5.75 Å². The highest BCUT2D eigenvalue weighted by Crippen LogP contribution is 2.25. The maximum absolute atomic E-state index is 12.8. The molecule has 0 atom stereocenters. The minimum absolute atomic E-state index is 0.163. The van der Waals surface area contributed by atoms with Gasteiger partial charge in [-0.3, -0.25) is 9.69 Å². The summed E-state index contributed by atoms with van der Waals surface area (Å²) >= 11 is 11.8. The Morgan fingerprint density at radius 3 is 2.28 bits per heavy atom. The number of sulfonamides is 1. The lowest BCUT2D eigenvalue weighted by Gasteiger charge is -2.33. The van der Waals surface area contributed by atoms with Crippen molar-refractivity contribution in [2.75, 3.05) is 45.2 Å². The first-order valence-corrected chi connectivity index (χ1v) is 11.1. The molecule has 1 heterocycles. The molecule has 10 heteroatoms. The van der Waals surface area contributed by atoms with Crippen molar-refractivity contribution in [3.05, 3.63) is 52.5 Å². The summed E-state index contributed by atoms with van der Waals surface area (Å²) < 4.78 is 32.1. The highest BCUT2D eigenvalue weighted by Gasteiger charge is 2.29. The second-order valence-corrected chi connectivity index (χ2v) is 9.29. The molecule has 3 rings (SSSR count). The molecule has 2 aromatic rings. The van der Waals surface area contributed by atoms with E-state index in [0.29, 0.717) is 47.7 Å². The molecule has 0 bridgehead atoms. The molecule has 2 aromatic carbocycles. The number of ether oxygens (including phenoxy) is 1. The molecule has 1 aliphatic rings. The Balaban J connectivity index is 1.54. The summed E-state index contributed by atoms with van der Waals surface area (Å²) in [5, 5.41) is 3.55. The zero-order valence-corrected chi connectivity index (χ0v) is 18.1. The molecule has 1 aliphatic heterocycles. The molecule has 1 N–H and O–H groups in total. The van der Waals surface area contributed by atoms with Crippen molar-refractivity contribution in [2.24, 2.45) is 0 Å². The number of rotatable bonds is 6. The molecule has 0 spiro atoms. The van der Waals surface area contributed by atoms with Crippen molar-refractivity contribution in [1.82, 2.24) is 9.21 Å². The van der Waals surface area contributed by atoms with Gasteiger partial charge < -0.3 is 10.1 Å². The average Bonchev–Trinajstić information content (AvgIpc) is 2.71. The molecule has 156 valence electrons. The number of nitrogens with one attached hydrogen (secondary N) is 1. The Bertz CT molecular complexity index is 975. The highest BCUT2D eigenvalue weighted by molar-refractivity contribution is 7.89. The van der Waals surface area contributed by atoms with Crippen LogP contribution in [0.15, 0.2) is 47.4 Å². The van der Waals surface area contributed by atoms with E-state index in [1.165, 1.54) is 23.5 Å². The Morgan fingerprint density at radius 2 is 1.69 bits per heavy atom. The first-order valence-electron chi connectivity index (χ1n) is 8.91. The van der Waals surface area contributed by atoms with Crippen LogP contribution in [-0.4, -0.2) is 63.4 Å². The number of piperazine rings is 1. The molecular formula is C19H21Cl2N3O4S. The van der Waals surface area contributed by atoms with Crippen LogP contribution in [0.25, 0.3) is 0 Å². The summed E-state index contributed by atoms with van der Waals surface area (Å²) in [6, 6.07) is 11.2. The second kappa shape index (κ2) is 9.32. The van der Waals surface area contributed by atoms with Crippen LogP contribution < -0.4 is 10.1 Å². The van der Waals surface area contributed by atoms with Crippen LogP contribution in [0.5, 0.6) is 5.75 Å². The van der Waals surface area contributed by atoms with Gasteiger partial charge in [-0.05, 0) is 42.5 Å². The van der Waals surface area contributed by atoms with Crippen LogP contribution in [0.2, 0.25) is 10.0 Å². The number of methoxy groups -OCH3 is 1. The van der Waals surface area contributed by atoms with Crippen molar-refractivity contribution in [2.45, 2.75) is 4.90 Å². The maximum atomic E-state index is 12.8. The molecule has 7 nitrogen and oxygen atoms in total. The molecule has 0 unspecified atom stereocenters. The van der Waals surface area contributed by atoms with Gasteiger partial charge in [0.25, 0.3) is 0 Å². The van der Waals surface area contributed by atoms with Crippen LogP contribution in [0.4, 0.5) is 5.69 Å². The second-order valence-electron chi connectivity index (χ2n) is 6.53. The summed E-state index contributed by atoms with van der Waals surface area (Å²) in [6.45, 7) is 1.72. The van der Waals surface area contributed by atoms with Crippen LogP contribution in [0, 0.1) is 0 Å². The number of hydrogen-bond acceptors (Lipinski definition) is 5. The lowest BCUT2D eigenvalue weighted by molar-refractivity contribution is -0.117. The molecule has 1 amide bonds. The van der Waals surface area contributed by atoms with Crippen molar-refractivity contribution in [3.8, 4) is 5.75 Å². The van der Waals surface area contributed by atoms with Gasteiger partial charge in [-0.15, -0.1) is 0 Å². The molecule has 29 heavy (non-hydrogen) atoms. The number of carbonyl (C=O) groups excluding carboxylic acids is 1. The minimum atomic E-state index is -3.57. The third-order valence-corrected chi connectivity index (χ3v) is 7.25. The predicted octanol–water partition coefficient (Wildman–Crippen LogP) is 2.95. The number of carbonyl (C=O) groups is 1. The Morgan fingerprint density at radius 1 is 1.03 bits per heavy atom. The van der Waals surface area contributed by atoms with Crippen LogP contribution in [-0.2, 0) is 14.8 Å². The summed E-state index contributed by atoms with van der Waals surface area (Å²) in [4.78, 5) is 14.4. The zero-order chi connectivity index (χ0) is 21.0. The Labute approximate surface area is 180 Å². The molecular weight excluding hydrogens is 437 g/mol. The third-order valence-electron chi connectivity index (χ3n) is 4.60. The van der Waals surface area contributed by atoms with Gasteiger partial charge in [0.15, 0.2) is 0 Å². The number of benzene rings is 2. The number of anilines is 1. The highest BCUT2D eigenvalue weighted by atomic mass is 35.5. The van der Waals surface area contributed by atoms with Crippen LogP contribution in [0.3, 0.4) is 0 Å². The van der Waals surface area contributed by atoms with E-state index in [1.807, 2.05) is 4.90 Å². The summed E-state index contributed by atoms with van der Waals surface area (Å²) in [5.74, 6) is 0.400. The van der Waals surface area contributed by atoms with Gasteiger partial charge in [-0.25, -0.2) is 8.42 Å². The van der Waals surface area contributed by atoms with E-state index in [9.17, 15) is 13.2 Å². The SMILES string of the molecule is COc1ccc(S(=O)(=O)N2CCN(CC(=O)Nc3ccc(Cl)c(Cl)c3)CC2)cc1. The normalized spacial score (nSPS) is 15.8. The molecule has 0 radical (unpaired) electrons. The largest absolute Gasteiger partial charge is 0.497 e. The zero-order valence-electron chi connectivity index (χ0n) is 15.8. The van der Waals surface area contributed by atoms with E-state index in [2.05, 4.69) is 5.32 Å². The first kappa shape index (κ1) is 21.9. The summed E-state index contributed by atoms with van der Waals surface area (Å²) in [5.41, 5.74) is 0.560. The molecule has 0 aliphatic carbocycles. The number of halogens is 2. The van der Waals surface area contributed by atoms with Crippen molar-refractivity contribution in [3.63, 3.8) is 0 Å². The van der Waals surface area contributed by atoms with Gasteiger partial charge in [0.2, 0.25) is 15.9 Å². The molecule has 1 fully saturated rings.